The van der Waals surface area contributed by atoms with E-state index in [0.29, 0.717) is 0 Å². The number of carboxylic acid groups (broad SMARTS) is 1. The van der Waals surface area contributed by atoms with E-state index in [1.54, 1.807) is 13.8 Å². The minimum absolute atomic E-state index is 0.0481. The number of carbonyl (C=O) groups excluding carboxylic acids is 2. The third-order valence-electron chi connectivity index (χ3n) is 3.41. The standard InChI is InChI=1S/C17H21F3N2O4/c1-10(2)6-13(16(25)26)22-15(24)9-21-14(23)8-11-4-3-5-12(7-11)17(18,19)20/h3-5,7,10,13H,6,8-9H2,1-2H3,(H,21,23)(H,22,24)(H,25,26)/t13-/m0/s1. The monoisotopic (exact) mass is 374 g/mol. The van der Waals surface area contributed by atoms with Crippen LogP contribution in [0.4, 0.5) is 13.2 Å². The molecule has 1 aromatic rings. The van der Waals surface area contributed by atoms with E-state index >= 15 is 0 Å². The number of nitrogens with one attached hydrogen (secondary N) is 2. The molecule has 144 valence electrons. The third-order valence-corrected chi connectivity index (χ3v) is 3.41. The van der Waals surface area contributed by atoms with Crippen molar-refractivity contribution >= 4 is 17.8 Å². The van der Waals surface area contributed by atoms with Gasteiger partial charge >= 0.3 is 12.1 Å². The molecule has 0 aromatic heterocycles. The zero-order chi connectivity index (χ0) is 19.9. The largest absolute Gasteiger partial charge is 0.480 e. The van der Waals surface area contributed by atoms with Crippen LogP contribution in [0.2, 0.25) is 0 Å². The lowest BCUT2D eigenvalue weighted by Gasteiger charge is -2.16. The summed E-state index contributed by atoms with van der Waals surface area (Å²) in [4.78, 5) is 34.6. The normalized spacial score (nSPS) is 12.5. The second kappa shape index (κ2) is 9.21. The fraction of sp³-hybridized carbons (Fsp3) is 0.471. The molecule has 3 N–H and O–H groups in total. The highest BCUT2D eigenvalue weighted by atomic mass is 19.4. The summed E-state index contributed by atoms with van der Waals surface area (Å²) in [5, 5.41) is 13.6. The number of alkyl halides is 3. The van der Waals surface area contributed by atoms with E-state index in [1.165, 1.54) is 12.1 Å². The Morgan fingerprint density at radius 3 is 2.35 bits per heavy atom. The number of carboxylic acids is 1. The number of hydrogen-bond acceptors (Lipinski definition) is 3. The molecule has 0 heterocycles. The van der Waals surface area contributed by atoms with Crippen molar-refractivity contribution in [1.82, 2.24) is 10.6 Å². The number of benzene rings is 1. The van der Waals surface area contributed by atoms with Crippen molar-refractivity contribution in [3.63, 3.8) is 0 Å². The Hall–Kier alpha value is -2.58. The van der Waals surface area contributed by atoms with Gasteiger partial charge in [0.05, 0.1) is 18.5 Å². The first-order valence-electron chi connectivity index (χ1n) is 7.94. The van der Waals surface area contributed by atoms with Crippen molar-refractivity contribution in [3.8, 4) is 0 Å². The summed E-state index contributed by atoms with van der Waals surface area (Å²) in [5.41, 5.74) is -0.709. The molecular formula is C17H21F3N2O4. The smallest absolute Gasteiger partial charge is 0.416 e. The maximum Gasteiger partial charge on any atom is 0.416 e. The van der Waals surface area contributed by atoms with Crippen LogP contribution in [0, 0.1) is 5.92 Å². The van der Waals surface area contributed by atoms with Gasteiger partial charge in [0.25, 0.3) is 0 Å². The van der Waals surface area contributed by atoms with Crippen molar-refractivity contribution in [2.75, 3.05) is 6.54 Å². The summed E-state index contributed by atoms with van der Waals surface area (Å²) in [6, 6.07) is 3.26. The number of rotatable bonds is 8. The average Bonchev–Trinajstić information content (AvgIpc) is 2.51. The van der Waals surface area contributed by atoms with Crippen LogP contribution in [0.25, 0.3) is 0 Å². The molecule has 0 aliphatic heterocycles. The lowest BCUT2D eigenvalue weighted by atomic mass is 10.0. The molecule has 0 radical (unpaired) electrons. The van der Waals surface area contributed by atoms with Gasteiger partial charge < -0.3 is 15.7 Å². The van der Waals surface area contributed by atoms with Crippen molar-refractivity contribution in [1.29, 1.82) is 0 Å². The Labute approximate surface area is 148 Å². The quantitative estimate of drug-likeness (QED) is 0.648. The minimum atomic E-state index is -4.51. The first kappa shape index (κ1) is 21.5. The SMILES string of the molecule is CC(C)C[C@H](NC(=O)CNC(=O)Cc1cccc(C(F)(F)F)c1)C(=O)O. The summed E-state index contributed by atoms with van der Waals surface area (Å²) in [7, 11) is 0. The molecule has 0 fully saturated rings. The topological polar surface area (TPSA) is 95.5 Å². The Balaban J connectivity index is 2.54. The van der Waals surface area contributed by atoms with E-state index in [1.807, 2.05) is 0 Å². The lowest BCUT2D eigenvalue weighted by Crippen LogP contribution is -2.46. The molecule has 0 saturated heterocycles. The summed E-state index contributed by atoms with van der Waals surface area (Å²) >= 11 is 0. The van der Waals surface area contributed by atoms with E-state index < -0.39 is 42.1 Å². The molecule has 9 heteroatoms. The zero-order valence-electron chi connectivity index (χ0n) is 14.4. The molecule has 2 amide bonds. The number of hydrogen-bond donors (Lipinski definition) is 3. The molecule has 0 spiro atoms. The molecule has 0 unspecified atom stereocenters. The summed E-state index contributed by atoms with van der Waals surface area (Å²) in [6.45, 7) is 3.15. The second-order valence-corrected chi connectivity index (χ2v) is 6.24. The van der Waals surface area contributed by atoms with Gasteiger partial charge in [0.2, 0.25) is 11.8 Å². The lowest BCUT2D eigenvalue weighted by molar-refractivity contribution is -0.142. The van der Waals surface area contributed by atoms with E-state index in [4.69, 9.17) is 5.11 Å². The third kappa shape index (κ3) is 7.54. The Morgan fingerprint density at radius 1 is 1.15 bits per heavy atom. The van der Waals surface area contributed by atoms with E-state index in [-0.39, 0.29) is 24.3 Å². The molecule has 0 aliphatic rings. The maximum absolute atomic E-state index is 12.6. The molecule has 1 rings (SSSR count). The summed E-state index contributed by atoms with van der Waals surface area (Å²) in [6.07, 6.45) is -4.60. The van der Waals surface area contributed by atoms with Gasteiger partial charge in [-0.2, -0.15) is 13.2 Å². The first-order chi connectivity index (χ1) is 12.0. The van der Waals surface area contributed by atoms with Gasteiger partial charge in [-0.25, -0.2) is 4.79 Å². The summed E-state index contributed by atoms with van der Waals surface area (Å²) < 4.78 is 37.9. The van der Waals surface area contributed by atoms with Crippen LogP contribution in [0.5, 0.6) is 0 Å². The van der Waals surface area contributed by atoms with Crippen LogP contribution >= 0.6 is 0 Å². The van der Waals surface area contributed by atoms with Gasteiger partial charge in [0.15, 0.2) is 0 Å². The summed E-state index contributed by atoms with van der Waals surface area (Å²) in [5.74, 6) is -2.46. The maximum atomic E-state index is 12.6. The minimum Gasteiger partial charge on any atom is -0.480 e. The first-order valence-corrected chi connectivity index (χ1v) is 7.94. The highest BCUT2D eigenvalue weighted by molar-refractivity contribution is 5.88. The number of halogens is 3. The Bertz CT molecular complexity index is 660. The second-order valence-electron chi connectivity index (χ2n) is 6.24. The van der Waals surface area contributed by atoms with E-state index in [2.05, 4.69) is 10.6 Å². The number of aliphatic carboxylic acids is 1. The predicted octanol–water partition coefficient (Wildman–Crippen LogP) is 1.98. The van der Waals surface area contributed by atoms with Gasteiger partial charge in [-0.3, -0.25) is 9.59 Å². The highest BCUT2D eigenvalue weighted by Crippen LogP contribution is 2.29. The van der Waals surface area contributed by atoms with Crippen LogP contribution in [-0.2, 0) is 27.0 Å². The molecular weight excluding hydrogens is 353 g/mol. The van der Waals surface area contributed by atoms with Crippen LogP contribution in [-0.4, -0.2) is 35.5 Å². The fourth-order valence-electron chi connectivity index (χ4n) is 2.22. The van der Waals surface area contributed by atoms with Gasteiger partial charge in [0.1, 0.15) is 6.04 Å². The molecule has 6 nitrogen and oxygen atoms in total. The molecule has 1 atom stereocenters. The molecule has 0 aliphatic carbocycles. The van der Waals surface area contributed by atoms with E-state index in [0.717, 1.165) is 12.1 Å². The number of carbonyl (C=O) groups is 3. The van der Waals surface area contributed by atoms with Crippen molar-refractivity contribution < 1.29 is 32.7 Å². The zero-order valence-corrected chi connectivity index (χ0v) is 14.4. The Morgan fingerprint density at radius 2 is 1.81 bits per heavy atom. The van der Waals surface area contributed by atoms with Gasteiger partial charge in [-0.1, -0.05) is 32.0 Å². The van der Waals surface area contributed by atoms with Crippen LogP contribution < -0.4 is 10.6 Å². The van der Waals surface area contributed by atoms with Crippen LogP contribution in [0.3, 0.4) is 0 Å². The Kier molecular flexibility index (Phi) is 7.60. The van der Waals surface area contributed by atoms with Gasteiger partial charge in [0, 0.05) is 0 Å². The van der Waals surface area contributed by atoms with Crippen molar-refractivity contribution in [3.05, 3.63) is 35.4 Å². The molecule has 0 saturated carbocycles. The van der Waals surface area contributed by atoms with Crippen molar-refractivity contribution in [2.45, 2.75) is 38.9 Å². The average molecular weight is 374 g/mol. The molecule has 26 heavy (non-hydrogen) atoms. The van der Waals surface area contributed by atoms with Gasteiger partial charge in [-0.15, -0.1) is 0 Å². The van der Waals surface area contributed by atoms with Crippen LogP contribution in [0.1, 0.15) is 31.4 Å². The molecule has 0 bridgehead atoms. The van der Waals surface area contributed by atoms with Crippen LogP contribution in [0.15, 0.2) is 24.3 Å². The molecule has 1 aromatic carbocycles. The fourth-order valence-corrected chi connectivity index (χ4v) is 2.22. The van der Waals surface area contributed by atoms with Gasteiger partial charge in [-0.05, 0) is 24.0 Å². The highest BCUT2D eigenvalue weighted by Gasteiger charge is 2.30. The predicted molar refractivity (Wildman–Crippen MR) is 87.2 cm³/mol. The van der Waals surface area contributed by atoms with E-state index in [9.17, 15) is 27.6 Å². The van der Waals surface area contributed by atoms with Crippen molar-refractivity contribution in [2.24, 2.45) is 5.92 Å². The number of amides is 2.